The highest BCUT2D eigenvalue weighted by Crippen LogP contribution is 2.42. The van der Waals surface area contributed by atoms with E-state index < -0.39 is 5.97 Å². The summed E-state index contributed by atoms with van der Waals surface area (Å²) in [5.74, 6) is -0.945. The Morgan fingerprint density at radius 2 is 1.86 bits per heavy atom. The van der Waals surface area contributed by atoms with Crippen molar-refractivity contribution in [2.75, 3.05) is 6.54 Å². The van der Waals surface area contributed by atoms with Crippen molar-refractivity contribution in [3.05, 3.63) is 77.4 Å². The zero-order valence-electron chi connectivity index (χ0n) is 20.4. The highest BCUT2D eigenvalue weighted by molar-refractivity contribution is 5.95. The van der Waals surface area contributed by atoms with Crippen LogP contribution < -0.4 is 5.32 Å². The topological polar surface area (TPSA) is 109 Å². The number of nitrogens with zero attached hydrogens (tertiary/aromatic N) is 3. The first-order valence-corrected chi connectivity index (χ1v) is 11.6. The van der Waals surface area contributed by atoms with Gasteiger partial charge in [0.15, 0.2) is 0 Å². The van der Waals surface area contributed by atoms with Crippen LogP contribution in [0.5, 0.6) is 0 Å². The standard InChI is InChI=1S/C26H31N5O4/c1-26(2,3)31-22(32)12-18(23(31)19-14-28-30(4)15-19)13-27-24(33)20-10-11-21(29-20)25(34)35-16-17-8-6-5-7-9-17/h5-11,14-15,18,23,29H,12-13,16H2,1-4H3,(H,27,33)/t18-,23+/m1/s1. The van der Waals surface area contributed by atoms with Gasteiger partial charge in [0.05, 0.1) is 12.2 Å². The maximum Gasteiger partial charge on any atom is 0.355 e. The second kappa shape index (κ2) is 9.77. The summed E-state index contributed by atoms with van der Waals surface area (Å²) < 4.78 is 7.03. The van der Waals surface area contributed by atoms with Crippen LogP contribution >= 0.6 is 0 Å². The zero-order chi connectivity index (χ0) is 25.2. The average Bonchev–Trinajstić information content (AvgIpc) is 3.54. The predicted octanol–water partition coefficient (Wildman–Crippen LogP) is 3.22. The molecule has 1 saturated heterocycles. The summed E-state index contributed by atoms with van der Waals surface area (Å²) in [5.41, 5.74) is 1.91. The third-order valence-electron chi connectivity index (χ3n) is 6.11. The van der Waals surface area contributed by atoms with Gasteiger partial charge in [-0.25, -0.2) is 4.79 Å². The molecule has 1 fully saturated rings. The second-order valence-electron chi connectivity index (χ2n) is 9.85. The number of aromatic amines is 1. The summed E-state index contributed by atoms with van der Waals surface area (Å²) in [7, 11) is 1.84. The number of benzene rings is 1. The van der Waals surface area contributed by atoms with E-state index in [9.17, 15) is 14.4 Å². The number of esters is 1. The van der Waals surface area contributed by atoms with E-state index in [0.717, 1.165) is 11.1 Å². The Bertz CT molecular complexity index is 1210. The number of rotatable bonds is 7. The van der Waals surface area contributed by atoms with E-state index in [2.05, 4.69) is 15.4 Å². The Hall–Kier alpha value is -3.88. The van der Waals surface area contributed by atoms with E-state index in [1.165, 1.54) is 6.07 Å². The Morgan fingerprint density at radius 1 is 1.14 bits per heavy atom. The molecular formula is C26H31N5O4. The number of ether oxygens (including phenoxy) is 1. The van der Waals surface area contributed by atoms with Crippen molar-refractivity contribution in [1.82, 2.24) is 25.0 Å². The lowest BCUT2D eigenvalue weighted by molar-refractivity contribution is -0.133. The van der Waals surface area contributed by atoms with Crippen molar-refractivity contribution in [2.24, 2.45) is 13.0 Å². The first-order valence-electron chi connectivity index (χ1n) is 11.6. The Morgan fingerprint density at radius 3 is 2.51 bits per heavy atom. The Balaban J connectivity index is 1.40. The lowest BCUT2D eigenvalue weighted by Crippen LogP contribution is -2.44. The van der Waals surface area contributed by atoms with E-state index in [4.69, 9.17) is 4.74 Å². The van der Waals surface area contributed by atoms with Crippen LogP contribution in [0.1, 0.15) is 65.3 Å². The van der Waals surface area contributed by atoms with Gasteiger partial charge in [-0.3, -0.25) is 14.3 Å². The molecule has 0 unspecified atom stereocenters. The molecular weight excluding hydrogens is 446 g/mol. The summed E-state index contributed by atoms with van der Waals surface area (Å²) >= 11 is 0. The molecule has 35 heavy (non-hydrogen) atoms. The number of aromatic nitrogens is 3. The van der Waals surface area contributed by atoms with Crippen molar-refractivity contribution in [2.45, 2.75) is 45.4 Å². The van der Waals surface area contributed by atoms with E-state index >= 15 is 0 Å². The van der Waals surface area contributed by atoms with Crippen molar-refractivity contribution >= 4 is 17.8 Å². The predicted molar refractivity (Wildman–Crippen MR) is 129 cm³/mol. The van der Waals surface area contributed by atoms with Crippen molar-refractivity contribution in [3.8, 4) is 0 Å². The van der Waals surface area contributed by atoms with Gasteiger partial charge in [-0.05, 0) is 38.5 Å². The van der Waals surface area contributed by atoms with E-state index in [0.29, 0.717) is 13.0 Å². The summed E-state index contributed by atoms with van der Waals surface area (Å²) in [5, 5.41) is 7.20. The van der Waals surface area contributed by atoms with Crippen molar-refractivity contribution in [1.29, 1.82) is 0 Å². The molecule has 2 N–H and O–H groups in total. The smallest absolute Gasteiger partial charge is 0.355 e. The average molecular weight is 478 g/mol. The van der Waals surface area contributed by atoms with Gasteiger partial charge in [-0.2, -0.15) is 5.10 Å². The quantitative estimate of drug-likeness (QED) is 0.508. The van der Waals surface area contributed by atoms with Crippen LogP contribution in [0.25, 0.3) is 0 Å². The molecule has 9 heteroatoms. The molecule has 0 saturated carbocycles. The zero-order valence-corrected chi connectivity index (χ0v) is 20.4. The third-order valence-corrected chi connectivity index (χ3v) is 6.11. The van der Waals surface area contributed by atoms with Gasteiger partial charge in [0.1, 0.15) is 18.0 Å². The van der Waals surface area contributed by atoms with Gasteiger partial charge in [0.25, 0.3) is 5.91 Å². The molecule has 2 amide bonds. The summed E-state index contributed by atoms with van der Waals surface area (Å²) in [6.45, 7) is 6.48. The number of nitrogens with one attached hydrogen (secondary N) is 2. The first-order chi connectivity index (χ1) is 16.6. The van der Waals surface area contributed by atoms with Crippen molar-refractivity contribution < 1.29 is 19.1 Å². The molecule has 184 valence electrons. The minimum Gasteiger partial charge on any atom is -0.456 e. The molecule has 1 aliphatic heterocycles. The molecule has 3 aromatic rings. The third kappa shape index (κ3) is 5.45. The summed E-state index contributed by atoms with van der Waals surface area (Å²) in [4.78, 5) is 42.8. The minimum absolute atomic E-state index is 0.0499. The molecule has 0 radical (unpaired) electrons. The van der Waals surface area contributed by atoms with Gasteiger partial charge in [-0.15, -0.1) is 0 Å². The van der Waals surface area contributed by atoms with Crippen LogP contribution in [0.4, 0.5) is 0 Å². The fourth-order valence-electron chi connectivity index (χ4n) is 4.56. The molecule has 4 rings (SSSR count). The van der Waals surface area contributed by atoms with Crippen LogP contribution in [0.15, 0.2) is 54.9 Å². The highest BCUT2D eigenvalue weighted by Gasteiger charge is 2.45. The molecule has 0 aliphatic carbocycles. The van der Waals surface area contributed by atoms with Crippen molar-refractivity contribution in [3.63, 3.8) is 0 Å². The molecule has 9 nitrogen and oxygen atoms in total. The summed E-state index contributed by atoms with van der Waals surface area (Å²) in [6.07, 6.45) is 4.02. The fourth-order valence-corrected chi connectivity index (χ4v) is 4.56. The molecule has 3 heterocycles. The van der Waals surface area contributed by atoms with E-state index in [1.54, 1.807) is 16.9 Å². The maximum atomic E-state index is 12.9. The maximum absolute atomic E-state index is 12.9. The number of hydrogen-bond donors (Lipinski definition) is 2. The first kappa shape index (κ1) is 24.3. The number of aryl methyl sites for hydroxylation is 1. The Labute approximate surface area is 204 Å². The van der Waals surface area contributed by atoms with Gasteiger partial charge >= 0.3 is 5.97 Å². The number of hydrogen-bond acceptors (Lipinski definition) is 5. The van der Waals surface area contributed by atoms with Gasteiger partial charge in [0.2, 0.25) is 5.91 Å². The monoisotopic (exact) mass is 477 g/mol. The number of H-pyrrole nitrogens is 1. The molecule has 0 bridgehead atoms. The lowest BCUT2D eigenvalue weighted by atomic mass is 9.93. The van der Waals surface area contributed by atoms with Crippen LogP contribution in [0, 0.1) is 5.92 Å². The minimum atomic E-state index is -0.535. The number of likely N-dealkylation sites (tertiary alicyclic amines) is 1. The van der Waals surface area contributed by atoms with E-state index in [-0.39, 0.29) is 47.3 Å². The molecule has 0 spiro atoms. The normalized spacial score (nSPS) is 18.1. The van der Waals surface area contributed by atoms with Crippen LogP contribution in [-0.4, -0.2) is 49.5 Å². The number of carbonyl (C=O) groups excluding carboxylic acids is 3. The number of amides is 2. The lowest BCUT2D eigenvalue weighted by Gasteiger charge is -2.38. The number of carbonyl (C=O) groups is 3. The van der Waals surface area contributed by atoms with E-state index in [1.807, 2.05) is 69.2 Å². The molecule has 2 atom stereocenters. The van der Waals surface area contributed by atoms with Gasteiger partial charge in [0, 0.05) is 43.2 Å². The largest absolute Gasteiger partial charge is 0.456 e. The van der Waals surface area contributed by atoms with Crippen LogP contribution in [0.2, 0.25) is 0 Å². The van der Waals surface area contributed by atoms with Gasteiger partial charge < -0.3 is 19.9 Å². The van der Waals surface area contributed by atoms with Gasteiger partial charge in [-0.1, -0.05) is 30.3 Å². The van der Waals surface area contributed by atoms with Crippen LogP contribution in [0.3, 0.4) is 0 Å². The molecule has 2 aromatic heterocycles. The Kier molecular flexibility index (Phi) is 6.77. The second-order valence-corrected chi connectivity index (χ2v) is 9.85. The molecule has 1 aromatic carbocycles. The fraction of sp³-hybridized carbons (Fsp3) is 0.385. The summed E-state index contributed by atoms with van der Waals surface area (Å²) in [6, 6.07) is 12.3. The highest BCUT2D eigenvalue weighted by atomic mass is 16.5. The molecule has 1 aliphatic rings. The SMILES string of the molecule is Cn1cc([C@@H]2[C@@H](CNC(=O)c3ccc(C(=O)OCc4ccccc4)[nH]3)CC(=O)N2C(C)(C)C)cn1. The van der Waals surface area contributed by atoms with Crippen LogP contribution in [-0.2, 0) is 23.2 Å².